The predicted molar refractivity (Wildman–Crippen MR) is 132 cm³/mol. The van der Waals surface area contributed by atoms with Gasteiger partial charge in [-0.3, -0.25) is 4.99 Å². The maximum Gasteiger partial charge on any atom is 0.231 e. The summed E-state index contributed by atoms with van der Waals surface area (Å²) in [6.45, 7) is 7.71. The molecule has 166 valence electrons. The molecule has 0 bridgehead atoms. The van der Waals surface area contributed by atoms with Gasteiger partial charge >= 0.3 is 0 Å². The molecule has 2 atom stereocenters. The Balaban J connectivity index is 1.41. The van der Waals surface area contributed by atoms with Crippen molar-refractivity contribution in [3.63, 3.8) is 0 Å². The average Bonchev–Trinajstić information content (AvgIpc) is 3.43. The standard InChI is InChI=1S/C27H24N2O3S/c1-15-24(18-9-6-10-21-25(18)32-14-31-21)29-26(33-15)28-23-19(27(29,2)3)13-30-20-12-11-16-7-4-5-8-17(16)22(20)23/h4-12,19,23H,13-14H2,1-3H3/t19-,23-/m0/s1. The highest BCUT2D eigenvalue weighted by molar-refractivity contribution is 8.17. The van der Waals surface area contributed by atoms with E-state index in [4.69, 9.17) is 19.2 Å². The van der Waals surface area contributed by atoms with Crippen LogP contribution in [0.15, 0.2) is 64.5 Å². The fraction of sp³-hybridized carbons (Fsp3) is 0.296. The van der Waals surface area contributed by atoms with E-state index in [-0.39, 0.29) is 24.3 Å². The van der Waals surface area contributed by atoms with E-state index >= 15 is 0 Å². The molecule has 6 heteroatoms. The molecule has 5 nitrogen and oxygen atoms in total. The average molecular weight is 457 g/mol. The summed E-state index contributed by atoms with van der Waals surface area (Å²) in [5.41, 5.74) is 3.23. The number of rotatable bonds is 1. The second-order valence-corrected chi connectivity index (χ2v) is 10.7. The smallest absolute Gasteiger partial charge is 0.231 e. The van der Waals surface area contributed by atoms with Gasteiger partial charge in [0.1, 0.15) is 5.75 Å². The number of hydrogen-bond donors (Lipinski definition) is 0. The van der Waals surface area contributed by atoms with E-state index in [0.29, 0.717) is 6.61 Å². The third kappa shape index (κ3) is 2.58. The first kappa shape index (κ1) is 19.4. The van der Waals surface area contributed by atoms with Gasteiger partial charge in [-0.15, -0.1) is 0 Å². The molecule has 7 rings (SSSR count). The van der Waals surface area contributed by atoms with E-state index in [0.717, 1.165) is 33.7 Å². The number of para-hydroxylation sites is 1. The van der Waals surface area contributed by atoms with Crippen LogP contribution in [0.2, 0.25) is 0 Å². The number of aliphatic imine (C=N–C) groups is 1. The van der Waals surface area contributed by atoms with Crippen LogP contribution in [0.3, 0.4) is 0 Å². The first-order valence-corrected chi connectivity index (χ1v) is 12.2. The van der Waals surface area contributed by atoms with Gasteiger partial charge in [-0.1, -0.05) is 48.2 Å². The van der Waals surface area contributed by atoms with Crippen molar-refractivity contribution in [3.05, 3.63) is 70.6 Å². The minimum atomic E-state index is -0.210. The zero-order valence-corrected chi connectivity index (χ0v) is 19.6. The summed E-state index contributed by atoms with van der Waals surface area (Å²) < 4.78 is 17.9. The van der Waals surface area contributed by atoms with Gasteiger partial charge < -0.3 is 19.1 Å². The lowest BCUT2D eigenvalue weighted by atomic mass is 9.74. The highest BCUT2D eigenvalue weighted by Gasteiger charge is 2.53. The Morgan fingerprint density at radius 1 is 0.970 bits per heavy atom. The molecule has 0 amide bonds. The van der Waals surface area contributed by atoms with Gasteiger partial charge in [-0.05, 0) is 49.7 Å². The molecular weight excluding hydrogens is 432 g/mol. The summed E-state index contributed by atoms with van der Waals surface area (Å²) in [6.07, 6.45) is 0. The lowest BCUT2D eigenvalue weighted by Crippen LogP contribution is -2.56. The molecule has 0 aliphatic carbocycles. The van der Waals surface area contributed by atoms with Crippen LogP contribution in [0.1, 0.15) is 37.9 Å². The minimum Gasteiger partial charge on any atom is -0.493 e. The molecule has 0 saturated carbocycles. The SMILES string of the molecule is CC1=C(c2cccc3c2OCO3)N2C(=N[C@@H]3c4c(ccc5ccccc45)OC[C@@H]3C2(C)C)S1. The predicted octanol–water partition coefficient (Wildman–Crippen LogP) is 6.20. The zero-order valence-electron chi connectivity index (χ0n) is 18.8. The second-order valence-electron chi connectivity index (χ2n) is 9.51. The zero-order chi connectivity index (χ0) is 22.3. The van der Waals surface area contributed by atoms with Crippen LogP contribution in [0.5, 0.6) is 17.2 Å². The monoisotopic (exact) mass is 456 g/mol. The summed E-state index contributed by atoms with van der Waals surface area (Å²) in [5, 5.41) is 3.51. The quantitative estimate of drug-likeness (QED) is 0.436. The summed E-state index contributed by atoms with van der Waals surface area (Å²) in [6, 6.07) is 19.0. The Morgan fingerprint density at radius 2 is 1.85 bits per heavy atom. The summed E-state index contributed by atoms with van der Waals surface area (Å²) in [4.78, 5) is 9.02. The van der Waals surface area contributed by atoms with Crippen LogP contribution in [0, 0.1) is 5.92 Å². The molecule has 4 aliphatic heterocycles. The number of nitrogens with zero attached hydrogens (tertiary/aromatic N) is 2. The first-order valence-electron chi connectivity index (χ1n) is 11.3. The topological polar surface area (TPSA) is 43.3 Å². The van der Waals surface area contributed by atoms with E-state index in [9.17, 15) is 0 Å². The normalized spacial score (nSPS) is 24.2. The molecule has 0 fully saturated rings. The molecule has 3 aromatic rings. The van der Waals surface area contributed by atoms with E-state index in [1.54, 1.807) is 11.8 Å². The van der Waals surface area contributed by atoms with E-state index in [1.807, 2.05) is 12.1 Å². The van der Waals surface area contributed by atoms with Crippen LogP contribution >= 0.6 is 11.8 Å². The number of amidine groups is 1. The minimum absolute atomic E-state index is 0.0572. The first-order chi connectivity index (χ1) is 16.0. The maximum absolute atomic E-state index is 6.36. The highest BCUT2D eigenvalue weighted by Crippen LogP contribution is 2.57. The van der Waals surface area contributed by atoms with Crippen molar-refractivity contribution < 1.29 is 14.2 Å². The maximum atomic E-state index is 6.36. The van der Waals surface area contributed by atoms with Crippen molar-refractivity contribution in [1.82, 2.24) is 4.90 Å². The van der Waals surface area contributed by atoms with E-state index < -0.39 is 0 Å². The van der Waals surface area contributed by atoms with Crippen LogP contribution in [0.4, 0.5) is 0 Å². The lowest BCUT2D eigenvalue weighted by molar-refractivity contribution is 0.0751. The third-order valence-electron chi connectivity index (χ3n) is 7.40. The number of fused-ring (bicyclic) bond motifs is 7. The Morgan fingerprint density at radius 3 is 2.76 bits per heavy atom. The van der Waals surface area contributed by atoms with Crippen LogP contribution < -0.4 is 14.2 Å². The largest absolute Gasteiger partial charge is 0.493 e. The molecule has 4 aliphatic rings. The molecule has 0 unspecified atom stereocenters. The molecule has 0 spiro atoms. The molecule has 0 N–H and O–H groups in total. The summed E-state index contributed by atoms with van der Waals surface area (Å²) >= 11 is 1.75. The van der Waals surface area contributed by atoms with Gasteiger partial charge in [0.2, 0.25) is 6.79 Å². The summed E-state index contributed by atoms with van der Waals surface area (Å²) in [5.74, 6) is 2.79. The molecule has 0 aromatic heterocycles. The van der Waals surface area contributed by atoms with Gasteiger partial charge in [-0.2, -0.15) is 0 Å². The van der Waals surface area contributed by atoms with Crippen molar-refractivity contribution in [3.8, 4) is 17.2 Å². The van der Waals surface area contributed by atoms with Crippen molar-refractivity contribution in [2.24, 2.45) is 10.9 Å². The Labute approximate surface area is 197 Å². The van der Waals surface area contributed by atoms with Gasteiger partial charge in [0.25, 0.3) is 0 Å². The second kappa shape index (κ2) is 6.70. The van der Waals surface area contributed by atoms with Gasteiger partial charge in [-0.25, -0.2) is 0 Å². The lowest BCUT2D eigenvalue weighted by Gasteiger charge is -2.51. The Bertz CT molecular complexity index is 1390. The number of ether oxygens (including phenoxy) is 3. The van der Waals surface area contributed by atoms with Crippen molar-refractivity contribution in [2.75, 3.05) is 13.4 Å². The molecule has 33 heavy (non-hydrogen) atoms. The Kier molecular flexibility index (Phi) is 3.93. The van der Waals surface area contributed by atoms with E-state index in [2.05, 4.69) is 68.1 Å². The molecule has 0 radical (unpaired) electrons. The van der Waals surface area contributed by atoms with Gasteiger partial charge in [0.15, 0.2) is 16.7 Å². The van der Waals surface area contributed by atoms with Gasteiger partial charge in [0, 0.05) is 27.5 Å². The molecule has 0 saturated heterocycles. The Hall–Kier alpha value is -3.12. The van der Waals surface area contributed by atoms with E-state index in [1.165, 1.54) is 21.2 Å². The van der Waals surface area contributed by atoms with Crippen LogP contribution in [-0.2, 0) is 0 Å². The number of hydrogen-bond acceptors (Lipinski definition) is 6. The number of thioether (sulfide) groups is 1. The number of benzene rings is 3. The number of allylic oxidation sites excluding steroid dienone is 1. The third-order valence-corrected chi connectivity index (χ3v) is 8.37. The van der Waals surface area contributed by atoms with Crippen LogP contribution in [-0.4, -0.2) is 29.0 Å². The molecule has 4 heterocycles. The van der Waals surface area contributed by atoms with Crippen molar-refractivity contribution in [2.45, 2.75) is 32.4 Å². The van der Waals surface area contributed by atoms with Gasteiger partial charge in [0.05, 0.1) is 18.3 Å². The molecular formula is C27H24N2O3S. The van der Waals surface area contributed by atoms with Crippen molar-refractivity contribution in [1.29, 1.82) is 0 Å². The van der Waals surface area contributed by atoms with Crippen LogP contribution in [0.25, 0.3) is 16.5 Å². The molecule has 3 aromatic carbocycles. The fourth-order valence-electron chi connectivity index (χ4n) is 5.74. The summed E-state index contributed by atoms with van der Waals surface area (Å²) in [7, 11) is 0. The highest BCUT2D eigenvalue weighted by atomic mass is 32.2. The van der Waals surface area contributed by atoms with Crippen molar-refractivity contribution >= 4 is 33.4 Å². The fourth-order valence-corrected chi connectivity index (χ4v) is 6.89.